The first-order chi connectivity index (χ1) is 8.25. The monoisotopic (exact) mass is 227 g/mol. The van der Waals surface area contributed by atoms with E-state index >= 15 is 0 Å². The first kappa shape index (κ1) is 11.1. The number of aromatic nitrogens is 1. The zero-order valence-corrected chi connectivity index (χ0v) is 9.17. The zero-order chi connectivity index (χ0) is 12.1. The van der Waals surface area contributed by atoms with Crippen molar-refractivity contribution in [1.29, 1.82) is 0 Å². The average molecular weight is 227 g/mol. The Morgan fingerprint density at radius 2 is 1.47 bits per heavy atom. The van der Waals surface area contributed by atoms with Crippen LogP contribution < -0.4 is 0 Å². The van der Waals surface area contributed by atoms with Crippen molar-refractivity contribution in [1.82, 2.24) is 4.98 Å². The minimum absolute atomic E-state index is 0.0880. The molecule has 86 valence electrons. The number of aromatic amines is 1. The van der Waals surface area contributed by atoms with E-state index in [4.69, 9.17) is 10.2 Å². The Morgan fingerprint density at radius 1 is 0.765 bits per heavy atom. The Balaban J connectivity index is 0.000000128. The highest BCUT2D eigenvalue weighted by Crippen LogP contribution is 2.14. The first-order valence-corrected chi connectivity index (χ1v) is 5.26. The van der Waals surface area contributed by atoms with Gasteiger partial charge >= 0.3 is 0 Å². The van der Waals surface area contributed by atoms with Gasteiger partial charge in [0.25, 0.3) is 0 Å². The summed E-state index contributed by atoms with van der Waals surface area (Å²) >= 11 is 0. The first-order valence-electron chi connectivity index (χ1n) is 5.26. The molecule has 0 aliphatic rings. The molecule has 2 aromatic carbocycles. The Labute approximate surface area is 99.0 Å². The number of benzene rings is 2. The van der Waals surface area contributed by atoms with Gasteiger partial charge in [-0.1, -0.05) is 24.3 Å². The maximum Gasteiger partial charge on any atom is 0.119 e. The van der Waals surface area contributed by atoms with Crippen LogP contribution in [-0.4, -0.2) is 15.2 Å². The summed E-state index contributed by atoms with van der Waals surface area (Å²) in [6.07, 6.45) is 1.95. The van der Waals surface area contributed by atoms with Crippen molar-refractivity contribution < 1.29 is 10.2 Å². The van der Waals surface area contributed by atoms with E-state index in [-0.39, 0.29) is 11.5 Å². The van der Waals surface area contributed by atoms with Crippen LogP contribution in [0.25, 0.3) is 10.9 Å². The van der Waals surface area contributed by atoms with Crippen LogP contribution in [0.4, 0.5) is 0 Å². The van der Waals surface area contributed by atoms with Gasteiger partial charge in [0.1, 0.15) is 11.5 Å². The highest BCUT2D eigenvalue weighted by atomic mass is 16.3. The second-order valence-corrected chi connectivity index (χ2v) is 3.58. The summed E-state index contributed by atoms with van der Waals surface area (Å²) < 4.78 is 0. The molecular weight excluding hydrogens is 214 g/mol. The molecule has 0 aliphatic heterocycles. The van der Waals surface area contributed by atoms with Crippen LogP contribution in [0.3, 0.4) is 0 Å². The van der Waals surface area contributed by atoms with Gasteiger partial charge < -0.3 is 15.2 Å². The van der Waals surface area contributed by atoms with Crippen molar-refractivity contribution in [2.45, 2.75) is 0 Å². The van der Waals surface area contributed by atoms with Crippen LogP contribution in [0.2, 0.25) is 0 Å². The molecule has 1 heterocycles. The molecule has 0 amide bonds. The van der Waals surface area contributed by atoms with E-state index in [0.717, 1.165) is 0 Å². The minimum Gasteiger partial charge on any atom is -0.508 e. The number of phenols is 2. The third-order valence-electron chi connectivity index (χ3n) is 2.29. The largest absolute Gasteiger partial charge is 0.508 e. The van der Waals surface area contributed by atoms with Crippen LogP contribution in [0.15, 0.2) is 60.8 Å². The second kappa shape index (κ2) is 5.07. The summed E-state index contributed by atoms with van der Waals surface area (Å²) in [5, 5.41) is 18.6. The molecule has 0 unspecified atom stereocenters. The van der Waals surface area contributed by atoms with Gasteiger partial charge in [-0.05, 0) is 29.7 Å². The molecule has 0 radical (unpaired) electrons. The maximum absolute atomic E-state index is 8.65. The van der Waals surface area contributed by atoms with E-state index in [1.165, 1.54) is 29.1 Å². The number of rotatable bonds is 0. The molecule has 0 spiro atoms. The second-order valence-electron chi connectivity index (χ2n) is 3.58. The van der Waals surface area contributed by atoms with Crippen LogP contribution in [0.1, 0.15) is 0 Å². The minimum atomic E-state index is 0.0880. The van der Waals surface area contributed by atoms with E-state index in [2.05, 4.69) is 23.2 Å². The van der Waals surface area contributed by atoms with Crippen LogP contribution in [0.5, 0.6) is 11.5 Å². The fraction of sp³-hybridized carbons (Fsp3) is 0. The van der Waals surface area contributed by atoms with Crippen LogP contribution >= 0.6 is 0 Å². The molecule has 0 fully saturated rings. The number of hydrogen-bond donors (Lipinski definition) is 3. The van der Waals surface area contributed by atoms with Gasteiger partial charge in [-0.2, -0.15) is 0 Å². The Kier molecular flexibility index (Phi) is 3.31. The standard InChI is InChI=1S/C8H7N.C6H6O2/c1-2-4-8-7(3-1)5-6-9-8;7-5-2-1-3-6(8)4-5/h1-6,9H;1-4,7-8H. The topological polar surface area (TPSA) is 56.2 Å². The molecule has 3 nitrogen and oxygen atoms in total. The summed E-state index contributed by atoms with van der Waals surface area (Å²) in [7, 11) is 0. The molecule has 0 saturated heterocycles. The molecule has 1 aromatic heterocycles. The average Bonchev–Trinajstić information content (AvgIpc) is 2.77. The van der Waals surface area contributed by atoms with Crippen molar-refractivity contribution in [3.63, 3.8) is 0 Å². The fourth-order valence-corrected chi connectivity index (χ4v) is 1.49. The Hall–Kier alpha value is -2.42. The van der Waals surface area contributed by atoms with E-state index < -0.39 is 0 Å². The number of H-pyrrole nitrogens is 1. The third-order valence-corrected chi connectivity index (χ3v) is 2.29. The molecule has 17 heavy (non-hydrogen) atoms. The molecule has 3 heteroatoms. The van der Waals surface area contributed by atoms with Crippen molar-refractivity contribution in [3.8, 4) is 11.5 Å². The SMILES string of the molecule is Oc1cccc(O)c1.c1ccc2[nH]ccc2c1. The van der Waals surface area contributed by atoms with Crippen molar-refractivity contribution in [2.75, 3.05) is 0 Å². The number of nitrogens with one attached hydrogen (secondary N) is 1. The van der Waals surface area contributed by atoms with Gasteiger partial charge in [0.2, 0.25) is 0 Å². The molecule has 3 aromatic rings. The van der Waals surface area contributed by atoms with Crippen LogP contribution in [0, 0.1) is 0 Å². The molecule has 0 aliphatic carbocycles. The van der Waals surface area contributed by atoms with Crippen molar-refractivity contribution in [3.05, 3.63) is 60.8 Å². The summed E-state index contributed by atoms with van der Waals surface area (Å²) in [5.74, 6) is 0.176. The summed E-state index contributed by atoms with van der Waals surface area (Å²) in [4.78, 5) is 3.12. The van der Waals surface area contributed by atoms with Crippen molar-refractivity contribution in [2.24, 2.45) is 0 Å². The number of para-hydroxylation sites is 1. The maximum atomic E-state index is 8.65. The van der Waals surface area contributed by atoms with Crippen LogP contribution in [-0.2, 0) is 0 Å². The van der Waals surface area contributed by atoms with E-state index in [9.17, 15) is 0 Å². The van der Waals surface area contributed by atoms with E-state index in [0.29, 0.717) is 0 Å². The lowest BCUT2D eigenvalue weighted by atomic mass is 10.3. The summed E-state index contributed by atoms with van der Waals surface area (Å²) in [5.41, 5.74) is 1.21. The summed E-state index contributed by atoms with van der Waals surface area (Å²) in [6.45, 7) is 0. The fourth-order valence-electron chi connectivity index (χ4n) is 1.49. The molecule has 3 rings (SSSR count). The third kappa shape index (κ3) is 3.01. The predicted octanol–water partition coefficient (Wildman–Crippen LogP) is 3.27. The van der Waals surface area contributed by atoms with Gasteiger partial charge in [-0.25, -0.2) is 0 Å². The van der Waals surface area contributed by atoms with Gasteiger partial charge in [-0.3, -0.25) is 0 Å². The van der Waals surface area contributed by atoms with Gasteiger partial charge in [0, 0.05) is 17.8 Å². The smallest absolute Gasteiger partial charge is 0.119 e. The number of fused-ring (bicyclic) bond motifs is 1. The van der Waals surface area contributed by atoms with E-state index in [1.807, 2.05) is 18.3 Å². The molecule has 0 bridgehead atoms. The molecule has 3 N–H and O–H groups in total. The zero-order valence-electron chi connectivity index (χ0n) is 9.17. The highest BCUT2D eigenvalue weighted by molar-refractivity contribution is 5.78. The van der Waals surface area contributed by atoms with E-state index in [1.54, 1.807) is 6.07 Å². The normalized spacial score (nSPS) is 9.65. The lowest BCUT2D eigenvalue weighted by Crippen LogP contribution is -1.61. The highest BCUT2D eigenvalue weighted by Gasteiger charge is 1.87. The molecule has 0 saturated carbocycles. The molecule has 0 atom stereocenters. The number of phenolic OH excluding ortho intramolecular Hbond substituents is 2. The van der Waals surface area contributed by atoms with Crippen molar-refractivity contribution >= 4 is 10.9 Å². The number of hydrogen-bond acceptors (Lipinski definition) is 2. The Bertz CT molecular complexity index is 554. The van der Waals surface area contributed by atoms with Gasteiger partial charge in [0.05, 0.1) is 0 Å². The summed E-state index contributed by atoms with van der Waals surface area (Å²) in [6, 6.07) is 16.1. The lowest BCUT2D eigenvalue weighted by molar-refractivity contribution is 0.450. The van der Waals surface area contributed by atoms with Gasteiger partial charge in [0.15, 0.2) is 0 Å². The molecular formula is C14H13NO2. The number of aromatic hydroxyl groups is 2. The van der Waals surface area contributed by atoms with Gasteiger partial charge in [-0.15, -0.1) is 0 Å². The predicted molar refractivity (Wildman–Crippen MR) is 68.1 cm³/mol. The quantitative estimate of drug-likeness (QED) is 0.552. The lowest BCUT2D eigenvalue weighted by Gasteiger charge is -1.89. The Morgan fingerprint density at radius 3 is 2.06 bits per heavy atom.